The highest BCUT2D eigenvalue weighted by Crippen LogP contribution is 1.97. The van der Waals surface area contributed by atoms with Gasteiger partial charge in [-0.05, 0) is 12.5 Å². The highest BCUT2D eigenvalue weighted by Gasteiger charge is 2.15. The molecule has 0 aliphatic heterocycles. The molecule has 0 bridgehead atoms. The minimum Gasteiger partial charge on any atom is -0.409 e. The molecule has 1 atom stereocenters. The van der Waals surface area contributed by atoms with Crippen LogP contribution in [0.3, 0.4) is 0 Å². The van der Waals surface area contributed by atoms with Crippen LogP contribution in [0.25, 0.3) is 0 Å². The van der Waals surface area contributed by atoms with Gasteiger partial charge in [0.1, 0.15) is 0 Å². The third-order valence-corrected chi connectivity index (χ3v) is 2.03. The molecule has 0 spiro atoms. The molecule has 0 aliphatic carbocycles. The lowest BCUT2D eigenvalue weighted by Gasteiger charge is -2.14. The summed E-state index contributed by atoms with van der Waals surface area (Å²) in [4.78, 5) is 11.7. The van der Waals surface area contributed by atoms with Crippen LogP contribution in [-0.2, 0) is 0 Å². The van der Waals surface area contributed by atoms with Crippen molar-refractivity contribution in [1.82, 2.24) is 15.5 Å². The first-order valence-electron chi connectivity index (χ1n) is 4.74. The largest absolute Gasteiger partial charge is 0.409 e. The van der Waals surface area contributed by atoms with E-state index in [9.17, 15) is 4.79 Å². The van der Waals surface area contributed by atoms with Crippen LogP contribution in [0.4, 0.5) is 0 Å². The van der Waals surface area contributed by atoms with E-state index in [-0.39, 0.29) is 11.7 Å². The molecule has 7 nitrogen and oxygen atoms in total. The van der Waals surface area contributed by atoms with E-state index in [1.54, 1.807) is 0 Å². The van der Waals surface area contributed by atoms with Crippen LogP contribution >= 0.6 is 0 Å². The first kappa shape index (κ1) is 11.9. The maximum atomic E-state index is 11.7. The maximum absolute atomic E-state index is 11.7. The van der Waals surface area contributed by atoms with Crippen LogP contribution in [0.2, 0.25) is 0 Å². The van der Waals surface area contributed by atoms with Crippen molar-refractivity contribution in [2.24, 2.45) is 10.9 Å². The molecule has 86 valence electrons. The van der Waals surface area contributed by atoms with E-state index < -0.39 is 6.04 Å². The molecule has 1 aromatic heterocycles. The zero-order valence-electron chi connectivity index (χ0n) is 8.79. The zero-order valence-corrected chi connectivity index (χ0v) is 8.79. The van der Waals surface area contributed by atoms with Gasteiger partial charge in [0, 0.05) is 0 Å². The summed E-state index contributed by atoms with van der Waals surface area (Å²) in [5, 5.41) is 21.1. The molecule has 0 aliphatic rings. The molecule has 1 unspecified atom stereocenters. The highest BCUT2D eigenvalue weighted by atomic mass is 16.4. The summed E-state index contributed by atoms with van der Waals surface area (Å²) in [6, 6.07) is 1.03. The number of amides is 1. The fraction of sp³-hybridized carbons (Fsp3) is 0.333. The van der Waals surface area contributed by atoms with Crippen molar-refractivity contribution in [3.8, 4) is 0 Å². The second kappa shape index (κ2) is 5.64. The topological polar surface area (TPSA) is 113 Å². The third-order valence-electron chi connectivity index (χ3n) is 2.03. The van der Waals surface area contributed by atoms with Crippen molar-refractivity contribution in [3.05, 3.63) is 24.0 Å². The highest BCUT2D eigenvalue weighted by molar-refractivity contribution is 5.97. The molecular weight excluding hydrogens is 210 g/mol. The van der Waals surface area contributed by atoms with E-state index in [1.807, 2.05) is 6.92 Å². The molecule has 1 amide bonds. The summed E-state index contributed by atoms with van der Waals surface area (Å²) >= 11 is 0. The summed E-state index contributed by atoms with van der Waals surface area (Å²) in [7, 11) is 0. The van der Waals surface area contributed by atoms with Crippen molar-refractivity contribution in [2.45, 2.75) is 19.4 Å². The average Bonchev–Trinajstić information content (AvgIpc) is 2.35. The van der Waals surface area contributed by atoms with Crippen LogP contribution in [-0.4, -0.2) is 33.2 Å². The van der Waals surface area contributed by atoms with Crippen molar-refractivity contribution in [3.63, 3.8) is 0 Å². The van der Waals surface area contributed by atoms with Gasteiger partial charge in [0.15, 0.2) is 5.84 Å². The molecule has 1 rings (SSSR count). The predicted octanol–water partition coefficient (Wildman–Crippen LogP) is -0.269. The average molecular weight is 223 g/mol. The number of nitrogens with two attached hydrogens (primary N) is 1. The molecule has 1 heterocycles. The quantitative estimate of drug-likeness (QED) is 0.281. The Morgan fingerprint density at radius 2 is 2.44 bits per heavy atom. The smallest absolute Gasteiger partial charge is 0.253 e. The van der Waals surface area contributed by atoms with Crippen LogP contribution in [0.5, 0.6) is 0 Å². The molecule has 7 heteroatoms. The van der Waals surface area contributed by atoms with E-state index in [2.05, 4.69) is 20.7 Å². The Morgan fingerprint density at radius 3 is 2.94 bits per heavy atom. The molecule has 0 aromatic carbocycles. The number of nitrogens with zero attached hydrogens (tertiary/aromatic N) is 3. The first-order chi connectivity index (χ1) is 7.69. The second-order valence-electron chi connectivity index (χ2n) is 3.09. The van der Waals surface area contributed by atoms with Gasteiger partial charge in [-0.2, -0.15) is 10.2 Å². The predicted molar refractivity (Wildman–Crippen MR) is 57.0 cm³/mol. The lowest BCUT2D eigenvalue weighted by Crippen LogP contribution is -2.44. The van der Waals surface area contributed by atoms with Crippen molar-refractivity contribution in [1.29, 1.82) is 0 Å². The van der Waals surface area contributed by atoms with Crippen LogP contribution in [0.15, 0.2) is 23.6 Å². The monoisotopic (exact) mass is 223 g/mol. The van der Waals surface area contributed by atoms with E-state index in [0.717, 1.165) is 0 Å². The number of nitrogens with one attached hydrogen (secondary N) is 1. The first-order valence-corrected chi connectivity index (χ1v) is 4.74. The summed E-state index contributed by atoms with van der Waals surface area (Å²) in [6.45, 7) is 1.81. The Hall–Kier alpha value is -2.18. The minimum absolute atomic E-state index is 0.0298. The van der Waals surface area contributed by atoms with Gasteiger partial charge in [-0.15, -0.1) is 0 Å². The number of carbonyl (C=O) groups excluding carboxylic acids is 1. The SMILES string of the molecule is CCC(NC(=O)c1ccnnc1)/C(N)=N/O. The maximum Gasteiger partial charge on any atom is 0.253 e. The van der Waals surface area contributed by atoms with E-state index >= 15 is 0 Å². The van der Waals surface area contributed by atoms with Gasteiger partial charge in [0.2, 0.25) is 0 Å². The molecule has 1 aromatic rings. The molecule has 16 heavy (non-hydrogen) atoms. The second-order valence-corrected chi connectivity index (χ2v) is 3.09. The Kier molecular flexibility index (Phi) is 4.19. The number of oxime groups is 1. The van der Waals surface area contributed by atoms with Gasteiger partial charge in [-0.25, -0.2) is 0 Å². The van der Waals surface area contributed by atoms with E-state index in [0.29, 0.717) is 12.0 Å². The summed E-state index contributed by atoms with van der Waals surface area (Å²) in [6.07, 6.45) is 3.29. The fourth-order valence-corrected chi connectivity index (χ4v) is 1.12. The number of aromatic nitrogens is 2. The van der Waals surface area contributed by atoms with Gasteiger partial charge >= 0.3 is 0 Å². The van der Waals surface area contributed by atoms with Gasteiger partial charge in [-0.3, -0.25) is 4.79 Å². The Balaban J connectivity index is 2.70. The Bertz CT molecular complexity index is 379. The molecule has 0 fully saturated rings. The van der Waals surface area contributed by atoms with Crippen LogP contribution in [0, 0.1) is 0 Å². The summed E-state index contributed by atoms with van der Waals surface area (Å²) in [5.41, 5.74) is 5.79. The molecular formula is C9H13N5O2. The Morgan fingerprint density at radius 1 is 1.69 bits per heavy atom. The van der Waals surface area contributed by atoms with E-state index in [4.69, 9.17) is 10.9 Å². The number of amidine groups is 1. The van der Waals surface area contributed by atoms with Crippen molar-refractivity contribution >= 4 is 11.7 Å². The normalized spacial score (nSPS) is 13.2. The third kappa shape index (κ3) is 2.91. The lowest BCUT2D eigenvalue weighted by molar-refractivity contribution is 0.0945. The van der Waals surface area contributed by atoms with E-state index in [1.165, 1.54) is 18.5 Å². The van der Waals surface area contributed by atoms with Gasteiger partial charge in [0.05, 0.1) is 24.0 Å². The molecule has 0 saturated carbocycles. The number of hydrogen-bond donors (Lipinski definition) is 3. The standard InChI is InChI=1S/C9H13N5O2/c1-2-7(8(10)14-16)13-9(15)6-3-4-11-12-5-6/h3-5,7,16H,2H2,1H3,(H2,10,14)(H,13,15). The van der Waals surface area contributed by atoms with Gasteiger partial charge < -0.3 is 16.3 Å². The summed E-state index contributed by atoms with van der Waals surface area (Å²) in [5.74, 6) is -0.369. The number of rotatable bonds is 4. The Labute approximate surface area is 92.4 Å². The number of carbonyl (C=O) groups is 1. The molecule has 4 N–H and O–H groups in total. The van der Waals surface area contributed by atoms with Crippen LogP contribution in [0.1, 0.15) is 23.7 Å². The van der Waals surface area contributed by atoms with Gasteiger partial charge in [-0.1, -0.05) is 12.1 Å². The van der Waals surface area contributed by atoms with Gasteiger partial charge in [0.25, 0.3) is 5.91 Å². The minimum atomic E-state index is -0.495. The fourth-order valence-electron chi connectivity index (χ4n) is 1.12. The molecule has 0 saturated heterocycles. The lowest BCUT2D eigenvalue weighted by atomic mass is 10.2. The van der Waals surface area contributed by atoms with Crippen LogP contribution < -0.4 is 11.1 Å². The number of hydrogen-bond acceptors (Lipinski definition) is 5. The van der Waals surface area contributed by atoms with Crippen molar-refractivity contribution < 1.29 is 10.0 Å². The zero-order chi connectivity index (χ0) is 12.0. The molecule has 0 radical (unpaired) electrons. The summed E-state index contributed by atoms with van der Waals surface area (Å²) < 4.78 is 0. The van der Waals surface area contributed by atoms with Crippen molar-refractivity contribution in [2.75, 3.05) is 0 Å².